The van der Waals surface area contributed by atoms with Gasteiger partial charge >= 0.3 is 0 Å². The van der Waals surface area contributed by atoms with Crippen LogP contribution in [0.5, 0.6) is 0 Å². The van der Waals surface area contributed by atoms with Crippen LogP contribution >= 0.6 is 11.6 Å². The zero-order chi connectivity index (χ0) is 12.3. The van der Waals surface area contributed by atoms with E-state index in [1.54, 1.807) is 12.1 Å². The van der Waals surface area contributed by atoms with E-state index in [0.717, 1.165) is 11.1 Å². The van der Waals surface area contributed by atoms with E-state index >= 15 is 0 Å². The number of furan rings is 1. The Kier molecular flexibility index (Phi) is 3.49. The van der Waals surface area contributed by atoms with Crippen molar-refractivity contribution in [1.29, 1.82) is 0 Å². The summed E-state index contributed by atoms with van der Waals surface area (Å²) in [6.07, 6.45) is 0. The lowest BCUT2D eigenvalue weighted by Crippen LogP contribution is -2.22. The summed E-state index contributed by atoms with van der Waals surface area (Å²) < 4.78 is 5.01. The van der Waals surface area contributed by atoms with Gasteiger partial charge in [0.2, 0.25) is 0 Å². The van der Waals surface area contributed by atoms with Gasteiger partial charge in [-0.05, 0) is 36.2 Å². The molecule has 1 amide bonds. The first-order valence-corrected chi connectivity index (χ1v) is 5.62. The molecule has 0 aliphatic carbocycles. The molecule has 0 saturated carbocycles. The summed E-state index contributed by atoms with van der Waals surface area (Å²) in [5, 5.41) is 2.98. The maximum absolute atomic E-state index is 11.7. The Morgan fingerprint density at radius 3 is 2.82 bits per heavy atom. The van der Waals surface area contributed by atoms with Crippen LogP contribution in [0.4, 0.5) is 0 Å². The van der Waals surface area contributed by atoms with Crippen molar-refractivity contribution in [2.45, 2.75) is 13.5 Å². The number of hydrogen-bond acceptors (Lipinski definition) is 2. The summed E-state index contributed by atoms with van der Waals surface area (Å²) in [5.41, 5.74) is 2.22. The molecule has 0 spiro atoms. The van der Waals surface area contributed by atoms with Gasteiger partial charge in [0.1, 0.15) is 0 Å². The molecule has 17 heavy (non-hydrogen) atoms. The second-order valence-electron chi connectivity index (χ2n) is 3.78. The van der Waals surface area contributed by atoms with Gasteiger partial charge in [-0.25, -0.2) is 0 Å². The molecule has 1 aromatic heterocycles. The number of aryl methyl sites for hydroxylation is 1. The first kappa shape index (κ1) is 11.7. The molecule has 0 aliphatic rings. The molecule has 0 atom stereocenters. The average molecular weight is 250 g/mol. The van der Waals surface area contributed by atoms with Crippen molar-refractivity contribution in [3.8, 4) is 0 Å². The van der Waals surface area contributed by atoms with Crippen molar-refractivity contribution in [3.63, 3.8) is 0 Å². The summed E-state index contributed by atoms with van der Waals surface area (Å²) >= 11 is 5.60. The molecule has 2 aromatic rings. The lowest BCUT2D eigenvalue weighted by Gasteiger charge is -2.04. The lowest BCUT2D eigenvalue weighted by atomic mass is 10.1. The maximum Gasteiger partial charge on any atom is 0.287 e. The highest BCUT2D eigenvalue weighted by atomic mass is 35.5. The SMILES string of the molecule is Cc1cccc(CNC(=O)c2ccc(Cl)o2)c1. The van der Waals surface area contributed by atoms with E-state index in [1.807, 2.05) is 31.2 Å². The van der Waals surface area contributed by atoms with Crippen LogP contribution in [0.1, 0.15) is 21.7 Å². The Morgan fingerprint density at radius 2 is 2.18 bits per heavy atom. The van der Waals surface area contributed by atoms with Crippen molar-refractivity contribution in [2.75, 3.05) is 0 Å². The minimum atomic E-state index is -0.265. The second kappa shape index (κ2) is 5.06. The van der Waals surface area contributed by atoms with Crippen molar-refractivity contribution in [2.24, 2.45) is 0 Å². The number of nitrogens with one attached hydrogen (secondary N) is 1. The van der Waals surface area contributed by atoms with Crippen molar-refractivity contribution in [3.05, 3.63) is 58.5 Å². The normalized spacial score (nSPS) is 10.2. The van der Waals surface area contributed by atoms with Crippen LogP contribution < -0.4 is 5.32 Å². The standard InChI is InChI=1S/C13H12ClNO2/c1-9-3-2-4-10(7-9)8-15-13(16)11-5-6-12(14)17-11/h2-7H,8H2,1H3,(H,15,16). The van der Waals surface area contributed by atoms with Crippen LogP contribution in [0, 0.1) is 6.92 Å². The summed E-state index contributed by atoms with van der Waals surface area (Å²) in [6.45, 7) is 2.48. The molecule has 0 fully saturated rings. The maximum atomic E-state index is 11.7. The highest BCUT2D eigenvalue weighted by molar-refractivity contribution is 6.29. The van der Waals surface area contributed by atoms with Gasteiger partial charge in [0, 0.05) is 6.54 Å². The minimum absolute atomic E-state index is 0.214. The van der Waals surface area contributed by atoms with E-state index in [2.05, 4.69) is 5.32 Å². The molecule has 1 aromatic carbocycles. The van der Waals surface area contributed by atoms with E-state index in [9.17, 15) is 4.79 Å². The molecule has 4 heteroatoms. The van der Waals surface area contributed by atoms with Crippen LogP contribution in [-0.2, 0) is 6.54 Å². The van der Waals surface area contributed by atoms with E-state index in [0.29, 0.717) is 6.54 Å². The molecular weight excluding hydrogens is 238 g/mol. The third-order valence-corrected chi connectivity index (χ3v) is 2.54. The van der Waals surface area contributed by atoms with Gasteiger partial charge in [-0.3, -0.25) is 4.79 Å². The fourth-order valence-electron chi connectivity index (χ4n) is 1.53. The predicted octanol–water partition coefficient (Wildman–Crippen LogP) is 3.17. The van der Waals surface area contributed by atoms with E-state index in [1.165, 1.54) is 0 Å². The average Bonchev–Trinajstić information content (AvgIpc) is 2.73. The quantitative estimate of drug-likeness (QED) is 0.908. The smallest absolute Gasteiger partial charge is 0.287 e. The second-order valence-corrected chi connectivity index (χ2v) is 4.15. The van der Waals surface area contributed by atoms with Gasteiger partial charge in [-0.1, -0.05) is 29.8 Å². The summed E-state index contributed by atoms with van der Waals surface area (Å²) in [7, 11) is 0. The first-order chi connectivity index (χ1) is 8.15. The number of amides is 1. The van der Waals surface area contributed by atoms with Crippen LogP contribution in [0.2, 0.25) is 5.22 Å². The molecule has 2 rings (SSSR count). The molecule has 3 nitrogen and oxygen atoms in total. The fraction of sp³-hybridized carbons (Fsp3) is 0.154. The Balaban J connectivity index is 1.97. The fourth-order valence-corrected chi connectivity index (χ4v) is 1.67. The van der Waals surface area contributed by atoms with Gasteiger partial charge in [-0.2, -0.15) is 0 Å². The number of benzene rings is 1. The molecule has 1 N–H and O–H groups in total. The zero-order valence-electron chi connectivity index (χ0n) is 9.37. The van der Waals surface area contributed by atoms with Crippen LogP contribution in [0.25, 0.3) is 0 Å². The Labute approximate surface area is 104 Å². The molecule has 1 heterocycles. The first-order valence-electron chi connectivity index (χ1n) is 5.24. The third kappa shape index (κ3) is 3.11. The van der Waals surface area contributed by atoms with Crippen LogP contribution in [0.3, 0.4) is 0 Å². The molecule has 0 radical (unpaired) electrons. The zero-order valence-corrected chi connectivity index (χ0v) is 10.1. The molecule has 0 saturated heterocycles. The monoisotopic (exact) mass is 249 g/mol. The molecule has 88 valence electrons. The number of carbonyl (C=O) groups excluding carboxylic acids is 1. The number of rotatable bonds is 3. The molecule has 0 aliphatic heterocycles. The number of halogens is 1. The van der Waals surface area contributed by atoms with Gasteiger partial charge in [0.25, 0.3) is 5.91 Å². The van der Waals surface area contributed by atoms with Crippen LogP contribution in [0.15, 0.2) is 40.8 Å². The predicted molar refractivity (Wildman–Crippen MR) is 66.1 cm³/mol. The van der Waals surface area contributed by atoms with Crippen molar-refractivity contribution in [1.82, 2.24) is 5.32 Å². The Hall–Kier alpha value is -1.74. The van der Waals surface area contributed by atoms with Gasteiger partial charge in [-0.15, -0.1) is 0 Å². The van der Waals surface area contributed by atoms with Gasteiger partial charge in [0.15, 0.2) is 11.0 Å². The minimum Gasteiger partial charge on any atom is -0.440 e. The topological polar surface area (TPSA) is 42.2 Å². The number of carbonyl (C=O) groups is 1. The van der Waals surface area contributed by atoms with Crippen molar-refractivity contribution >= 4 is 17.5 Å². The van der Waals surface area contributed by atoms with Crippen molar-refractivity contribution < 1.29 is 9.21 Å². The summed E-state index contributed by atoms with van der Waals surface area (Å²) in [5.74, 6) is -0.0407. The largest absolute Gasteiger partial charge is 0.440 e. The highest BCUT2D eigenvalue weighted by Gasteiger charge is 2.09. The lowest BCUT2D eigenvalue weighted by molar-refractivity contribution is 0.0923. The third-order valence-electron chi connectivity index (χ3n) is 2.33. The van der Waals surface area contributed by atoms with Gasteiger partial charge in [0.05, 0.1) is 0 Å². The van der Waals surface area contributed by atoms with E-state index < -0.39 is 0 Å². The Bertz CT molecular complexity index is 534. The van der Waals surface area contributed by atoms with E-state index in [4.69, 9.17) is 16.0 Å². The van der Waals surface area contributed by atoms with Gasteiger partial charge < -0.3 is 9.73 Å². The number of hydrogen-bond donors (Lipinski definition) is 1. The Morgan fingerprint density at radius 1 is 1.35 bits per heavy atom. The molecular formula is C13H12ClNO2. The highest BCUT2D eigenvalue weighted by Crippen LogP contribution is 2.13. The van der Waals surface area contributed by atoms with Crippen LogP contribution in [-0.4, -0.2) is 5.91 Å². The summed E-state index contributed by atoms with van der Waals surface area (Å²) in [4.78, 5) is 11.7. The summed E-state index contributed by atoms with van der Waals surface area (Å²) in [6, 6.07) is 11.0. The molecule has 0 unspecified atom stereocenters. The molecule has 0 bridgehead atoms. The van der Waals surface area contributed by atoms with E-state index in [-0.39, 0.29) is 16.9 Å².